The van der Waals surface area contributed by atoms with Crippen molar-refractivity contribution in [2.75, 3.05) is 24.2 Å². The first-order valence-electron chi connectivity index (χ1n) is 10.6. The van der Waals surface area contributed by atoms with Crippen LogP contribution in [0.2, 0.25) is 0 Å². The fourth-order valence-corrected chi connectivity index (χ4v) is 5.50. The number of halogens is 7. The number of carbonyl (C=O) groups excluding carboxylic acids is 1. The van der Waals surface area contributed by atoms with Gasteiger partial charge in [-0.25, -0.2) is 48.7 Å². The number of anilines is 1. The van der Waals surface area contributed by atoms with Gasteiger partial charge in [0.2, 0.25) is 10.0 Å². The third kappa shape index (κ3) is 3.98. The lowest BCUT2D eigenvalue weighted by Crippen LogP contribution is -2.56. The van der Waals surface area contributed by atoms with E-state index in [1.165, 1.54) is 0 Å². The van der Waals surface area contributed by atoms with Crippen LogP contribution in [0.1, 0.15) is 6.42 Å². The fourth-order valence-electron chi connectivity index (χ4n) is 4.75. The fraction of sp³-hybridized carbons (Fsp3) is 0.333. The Hall–Kier alpha value is -3.40. The van der Waals surface area contributed by atoms with Crippen molar-refractivity contribution in [2.45, 2.75) is 24.4 Å². The number of sulfonamides is 1. The minimum atomic E-state index is -4.06. The third-order valence-corrected chi connectivity index (χ3v) is 6.99. The Kier molecular flexibility index (Phi) is 5.67. The highest BCUT2D eigenvalue weighted by Crippen LogP contribution is 2.44. The molecule has 1 aromatic heterocycles. The van der Waals surface area contributed by atoms with Gasteiger partial charge in [0.1, 0.15) is 29.5 Å². The van der Waals surface area contributed by atoms with Crippen LogP contribution in [0.3, 0.4) is 0 Å². The van der Waals surface area contributed by atoms with Gasteiger partial charge in [0, 0.05) is 36.9 Å². The molecule has 0 unspecified atom stereocenters. The number of hydrogen-bond donors (Lipinski definition) is 1. The van der Waals surface area contributed by atoms with Gasteiger partial charge in [0.15, 0.2) is 23.0 Å². The second kappa shape index (κ2) is 8.31. The molecule has 0 bridgehead atoms. The van der Waals surface area contributed by atoms with Crippen molar-refractivity contribution in [3.8, 4) is 11.1 Å². The molecule has 37 heavy (non-hydrogen) atoms. The smallest absolute Gasteiger partial charge is 0.326 e. The van der Waals surface area contributed by atoms with Gasteiger partial charge >= 0.3 is 6.03 Å². The van der Waals surface area contributed by atoms with Gasteiger partial charge in [0.25, 0.3) is 5.92 Å². The Bertz CT molecular complexity index is 1540. The second-order valence-corrected chi connectivity index (χ2v) is 10.5. The highest BCUT2D eigenvalue weighted by atomic mass is 32.2. The van der Waals surface area contributed by atoms with Crippen molar-refractivity contribution in [1.82, 2.24) is 14.8 Å². The average molecular weight is 552 g/mol. The lowest BCUT2D eigenvalue weighted by Gasteiger charge is -2.37. The molecule has 8 nitrogen and oxygen atoms in total. The molecule has 5 rings (SSSR count). The number of benzene rings is 2. The quantitative estimate of drug-likeness (QED) is 0.498. The van der Waals surface area contributed by atoms with Crippen molar-refractivity contribution >= 4 is 32.8 Å². The Morgan fingerprint density at radius 3 is 2.32 bits per heavy atom. The first kappa shape index (κ1) is 25.3. The van der Waals surface area contributed by atoms with Crippen molar-refractivity contribution in [3.63, 3.8) is 0 Å². The first-order chi connectivity index (χ1) is 17.2. The summed E-state index contributed by atoms with van der Waals surface area (Å²) in [7, 11) is -4.06. The van der Waals surface area contributed by atoms with Crippen LogP contribution in [0.5, 0.6) is 0 Å². The molecule has 2 aromatic carbocycles. The summed E-state index contributed by atoms with van der Waals surface area (Å²) in [6, 6.07) is -3.76. The van der Waals surface area contributed by atoms with E-state index in [1.807, 2.05) is 0 Å². The van der Waals surface area contributed by atoms with E-state index in [4.69, 9.17) is 4.52 Å². The van der Waals surface area contributed by atoms with Gasteiger partial charge in [-0.05, 0) is 6.42 Å². The lowest BCUT2D eigenvalue weighted by atomic mass is 9.98. The SMILES string of the molecule is CS(=O)(=O)N[C@@H]1CN2C(=O)N(c3noc4cc(F)c(F)c(-c5c(F)cc(F)cc5F)c34)CC[C@@H]2C1(F)F. The molecule has 16 heteroatoms. The Morgan fingerprint density at radius 1 is 1.05 bits per heavy atom. The number of urea groups is 1. The molecular formula is C21H15F7N4O4S. The minimum absolute atomic E-state index is 0.236. The molecule has 2 fully saturated rings. The molecule has 2 aliphatic rings. The van der Waals surface area contributed by atoms with Crippen LogP contribution in [0, 0.1) is 29.1 Å². The Morgan fingerprint density at radius 2 is 1.70 bits per heavy atom. The molecule has 1 N–H and O–H groups in total. The highest BCUT2D eigenvalue weighted by Gasteiger charge is 2.60. The predicted octanol–water partition coefficient (Wildman–Crippen LogP) is 3.76. The maximum atomic E-state index is 15.0. The molecule has 3 aromatic rings. The number of carbonyl (C=O) groups is 1. The lowest BCUT2D eigenvalue weighted by molar-refractivity contribution is -0.0448. The summed E-state index contributed by atoms with van der Waals surface area (Å²) in [5, 5.41) is 3.03. The van der Waals surface area contributed by atoms with Gasteiger partial charge in [0.05, 0.1) is 17.2 Å². The van der Waals surface area contributed by atoms with E-state index in [9.17, 15) is 43.9 Å². The maximum Gasteiger partial charge on any atom is 0.326 e. The normalized spacial score (nSPS) is 21.7. The monoisotopic (exact) mass is 552 g/mol. The molecule has 2 saturated heterocycles. The highest BCUT2D eigenvalue weighted by molar-refractivity contribution is 7.88. The van der Waals surface area contributed by atoms with Crippen LogP contribution in [0.15, 0.2) is 22.7 Å². The van der Waals surface area contributed by atoms with E-state index >= 15 is 0 Å². The van der Waals surface area contributed by atoms with Crippen molar-refractivity contribution < 1.29 is 48.5 Å². The molecule has 2 atom stereocenters. The molecule has 0 spiro atoms. The molecular weight excluding hydrogens is 537 g/mol. The third-order valence-electron chi connectivity index (χ3n) is 6.27. The van der Waals surface area contributed by atoms with Crippen LogP contribution < -0.4 is 9.62 Å². The Balaban J connectivity index is 1.63. The van der Waals surface area contributed by atoms with Crippen LogP contribution >= 0.6 is 0 Å². The van der Waals surface area contributed by atoms with Crippen LogP contribution in [0.25, 0.3) is 22.1 Å². The van der Waals surface area contributed by atoms with Gasteiger partial charge < -0.3 is 9.42 Å². The zero-order chi connectivity index (χ0) is 27.0. The topological polar surface area (TPSA) is 95.8 Å². The number of hydrogen-bond acceptors (Lipinski definition) is 5. The van der Waals surface area contributed by atoms with Crippen molar-refractivity contribution in [1.29, 1.82) is 0 Å². The number of nitrogens with one attached hydrogen (secondary N) is 1. The van der Waals surface area contributed by atoms with Crippen LogP contribution in [-0.4, -0.2) is 61.9 Å². The van der Waals surface area contributed by atoms with E-state index in [-0.39, 0.29) is 12.1 Å². The van der Waals surface area contributed by atoms with E-state index in [0.717, 1.165) is 4.90 Å². The van der Waals surface area contributed by atoms with E-state index in [0.29, 0.717) is 17.2 Å². The zero-order valence-electron chi connectivity index (χ0n) is 18.5. The number of rotatable bonds is 4. The number of nitrogens with zero attached hydrogens (tertiary/aromatic N) is 3. The standard InChI is InChI=1S/C21H15F7N4O4S/c1-37(34,35)30-13-7-32-14(21(13,27)28)2-3-31(20(32)33)19-16-12(36-29-19)6-11(25)18(26)17(16)15-9(23)4-8(22)5-10(15)24/h4-6,13-14,30H,2-3,7H2,1H3/t13-,14-/m1/s1. The number of amides is 2. The second-order valence-electron chi connectivity index (χ2n) is 8.68. The van der Waals surface area contributed by atoms with Gasteiger partial charge in [-0.3, -0.25) is 4.90 Å². The molecule has 198 valence electrons. The number of fused-ring (bicyclic) bond motifs is 2. The van der Waals surface area contributed by atoms with E-state index < -0.39 is 111 Å². The zero-order valence-corrected chi connectivity index (χ0v) is 19.4. The van der Waals surface area contributed by atoms with Gasteiger partial charge in [-0.1, -0.05) is 5.16 Å². The molecule has 0 radical (unpaired) electrons. The van der Waals surface area contributed by atoms with E-state index in [1.54, 1.807) is 4.72 Å². The van der Waals surface area contributed by atoms with E-state index in [2.05, 4.69) is 5.16 Å². The van der Waals surface area contributed by atoms with Crippen LogP contribution in [-0.2, 0) is 10.0 Å². The average Bonchev–Trinajstić information content (AvgIpc) is 3.28. The largest absolute Gasteiger partial charge is 0.354 e. The van der Waals surface area contributed by atoms with Crippen molar-refractivity contribution in [3.05, 3.63) is 47.3 Å². The predicted molar refractivity (Wildman–Crippen MR) is 114 cm³/mol. The summed E-state index contributed by atoms with van der Waals surface area (Å²) in [5.41, 5.74) is -2.76. The summed E-state index contributed by atoms with van der Waals surface area (Å²) in [6.07, 6.45) is 0.270. The van der Waals surface area contributed by atoms with Gasteiger partial charge in [-0.15, -0.1) is 0 Å². The molecule has 3 heterocycles. The summed E-state index contributed by atoms with van der Waals surface area (Å²) in [5.74, 6) is -12.1. The Labute approximate surface area is 203 Å². The van der Waals surface area contributed by atoms with Gasteiger partial charge in [-0.2, -0.15) is 0 Å². The number of aromatic nitrogens is 1. The molecule has 0 aliphatic carbocycles. The molecule has 2 aliphatic heterocycles. The minimum Gasteiger partial charge on any atom is -0.354 e. The molecule has 0 saturated carbocycles. The first-order valence-corrected chi connectivity index (χ1v) is 12.5. The summed E-state index contributed by atoms with van der Waals surface area (Å²) in [4.78, 5) is 14.7. The maximum absolute atomic E-state index is 15.0. The molecule has 2 amide bonds. The van der Waals surface area contributed by atoms with Crippen LogP contribution in [0.4, 0.5) is 41.3 Å². The number of alkyl halides is 2. The summed E-state index contributed by atoms with van der Waals surface area (Å²) < 4.78 is 132. The summed E-state index contributed by atoms with van der Waals surface area (Å²) >= 11 is 0. The van der Waals surface area contributed by atoms with Crippen molar-refractivity contribution in [2.24, 2.45) is 0 Å². The summed E-state index contributed by atoms with van der Waals surface area (Å²) in [6.45, 7) is -1.19.